The quantitative estimate of drug-likeness (QED) is 0.657. The minimum atomic E-state index is -0.0230. The highest BCUT2D eigenvalue weighted by Gasteiger charge is 2.00. The molecule has 0 heterocycles. The minimum Gasteiger partial charge on any atom is -0.362 e. The molecule has 0 saturated carbocycles. The smallest absolute Gasteiger partial charge is 0.187 e. The van der Waals surface area contributed by atoms with Gasteiger partial charge in [-0.2, -0.15) is 0 Å². The summed E-state index contributed by atoms with van der Waals surface area (Å²) in [6, 6.07) is 14.8. The molecule has 0 aliphatic carbocycles. The van der Waals surface area contributed by atoms with Crippen molar-refractivity contribution in [1.82, 2.24) is 0 Å². The number of halogens is 1. The van der Waals surface area contributed by atoms with Crippen LogP contribution < -0.4 is 5.32 Å². The molecule has 0 aliphatic heterocycles. The summed E-state index contributed by atoms with van der Waals surface area (Å²) in [5, 5.41) is 3.71. The Kier molecular flexibility index (Phi) is 4.37. The number of ketones is 1. The van der Waals surface area contributed by atoms with Crippen LogP contribution >= 0.6 is 11.6 Å². The van der Waals surface area contributed by atoms with Crippen LogP contribution in [0.15, 0.2) is 60.8 Å². The van der Waals surface area contributed by atoms with Gasteiger partial charge in [-0.3, -0.25) is 4.79 Å². The standard InChI is InChI=1S/C16H14ClNO/c1-12-3-2-4-13(11-12)16(19)9-10-18-15-7-5-14(17)6-8-15/h2-11,18H,1H3. The first-order valence-electron chi connectivity index (χ1n) is 5.95. The van der Waals surface area contributed by atoms with Crippen LogP contribution in [0, 0.1) is 6.92 Å². The fraction of sp³-hybridized carbons (Fsp3) is 0.0625. The number of carbonyl (C=O) groups excluding carboxylic acids is 1. The van der Waals surface area contributed by atoms with Gasteiger partial charge in [0.25, 0.3) is 0 Å². The molecule has 2 rings (SSSR count). The van der Waals surface area contributed by atoms with Crippen LogP contribution in [0.25, 0.3) is 0 Å². The molecule has 2 nitrogen and oxygen atoms in total. The van der Waals surface area contributed by atoms with Gasteiger partial charge in [0.2, 0.25) is 0 Å². The maximum absolute atomic E-state index is 11.9. The van der Waals surface area contributed by atoms with Crippen LogP contribution in [0.1, 0.15) is 15.9 Å². The van der Waals surface area contributed by atoms with Crippen molar-refractivity contribution in [2.75, 3.05) is 5.32 Å². The van der Waals surface area contributed by atoms with Crippen molar-refractivity contribution in [3.05, 3.63) is 77.0 Å². The van der Waals surface area contributed by atoms with Gasteiger partial charge in [0.1, 0.15) is 0 Å². The summed E-state index contributed by atoms with van der Waals surface area (Å²) in [5.74, 6) is -0.0230. The molecule has 2 aromatic rings. The molecule has 0 aliphatic rings. The first-order chi connectivity index (χ1) is 9.15. The lowest BCUT2D eigenvalue weighted by atomic mass is 10.1. The molecule has 3 heteroatoms. The van der Waals surface area contributed by atoms with E-state index in [1.54, 1.807) is 18.3 Å². The van der Waals surface area contributed by atoms with Crippen LogP contribution in [0.2, 0.25) is 5.02 Å². The number of aryl methyl sites for hydroxylation is 1. The highest BCUT2D eigenvalue weighted by molar-refractivity contribution is 6.30. The summed E-state index contributed by atoms with van der Waals surface area (Å²) < 4.78 is 0. The molecule has 0 fully saturated rings. The Morgan fingerprint density at radius 1 is 1.16 bits per heavy atom. The van der Waals surface area contributed by atoms with E-state index in [9.17, 15) is 4.79 Å². The van der Waals surface area contributed by atoms with Crippen LogP contribution in [0.3, 0.4) is 0 Å². The zero-order chi connectivity index (χ0) is 13.7. The molecular weight excluding hydrogens is 258 g/mol. The molecule has 0 aromatic heterocycles. The second-order valence-corrected chi connectivity index (χ2v) is 4.65. The molecular formula is C16H14ClNO. The van der Waals surface area contributed by atoms with E-state index >= 15 is 0 Å². The van der Waals surface area contributed by atoms with Crippen LogP contribution in [0.4, 0.5) is 5.69 Å². The van der Waals surface area contributed by atoms with Crippen molar-refractivity contribution in [2.45, 2.75) is 6.92 Å². The Balaban J connectivity index is 1.99. The highest BCUT2D eigenvalue weighted by Crippen LogP contribution is 2.13. The van der Waals surface area contributed by atoms with Crippen LogP contribution in [0.5, 0.6) is 0 Å². The number of nitrogens with one attached hydrogen (secondary N) is 1. The van der Waals surface area contributed by atoms with Gasteiger partial charge in [0, 0.05) is 28.5 Å². The van der Waals surface area contributed by atoms with Gasteiger partial charge in [-0.25, -0.2) is 0 Å². The van der Waals surface area contributed by atoms with Gasteiger partial charge < -0.3 is 5.32 Å². The molecule has 19 heavy (non-hydrogen) atoms. The van der Waals surface area contributed by atoms with E-state index in [1.165, 1.54) is 6.08 Å². The predicted octanol–water partition coefficient (Wildman–Crippen LogP) is 4.46. The number of hydrogen-bond acceptors (Lipinski definition) is 2. The Bertz CT molecular complexity index is 602. The molecule has 2 aromatic carbocycles. The second kappa shape index (κ2) is 6.21. The normalized spacial score (nSPS) is 10.6. The summed E-state index contributed by atoms with van der Waals surface area (Å²) in [6.07, 6.45) is 3.15. The molecule has 0 radical (unpaired) electrons. The third kappa shape index (κ3) is 3.97. The summed E-state index contributed by atoms with van der Waals surface area (Å²) in [7, 11) is 0. The third-order valence-electron chi connectivity index (χ3n) is 2.63. The van der Waals surface area contributed by atoms with Crippen molar-refractivity contribution in [3.8, 4) is 0 Å². The highest BCUT2D eigenvalue weighted by atomic mass is 35.5. The average Bonchev–Trinajstić information content (AvgIpc) is 2.41. The Hall–Kier alpha value is -2.06. The minimum absolute atomic E-state index is 0.0230. The number of rotatable bonds is 4. The number of hydrogen-bond donors (Lipinski definition) is 1. The average molecular weight is 272 g/mol. The zero-order valence-corrected chi connectivity index (χ0v) is 11.3. The largest absolute Gasteiger partial charge is 0.362 e. The number of anilines is 1. The maximum Gasteiger partial charge on any atom is 0.187 e. The summed E-state index contributed by atoms with van der Waals surface area (Å²) in [6.45, 7) is 1.96. The molecule has 0 unspecified atom stereocenters. The first-order valence-corrected chi connectivity index (χ1v) is 6.32. The second-order valence-electron chi connectivity index (χ2n) is 4.22. The van der Waals surface area contributed by atoms with E-state index < -0.39 is 0 Å². The summed E-state index contributed by atoms with van der Waals surface area (Å²) in [5.41, 5.74) is 2.65. The van der Waals surface area contributed by atoms with Crippen molar-refractivity contribution in [2.24, 2.45) is 0 Å². The molecule has 1 N–H and O–H groups in total. The number of benzene rings is 2. The van der Waals surface area contributed by atoms with E-state index in [0.29, 0.717) is 10.6 Å². The number of carbonyl (C=O) groups is 1. The predicted molar refractivity (Wildman–Crippen MR) is 79.7 cm³/mol. The van der Waals surface area contributed by atoms with E-state index in [4.69, 9.17) is 11.6 Å². The van der Waals surface area contributed by atoms with Gasteiger partial charge in [0.15, 0.2) is 5.78 Å². The topological polar surface area (TPSA) is 29.1 Å². The van der Waals surface area contributed by atoms with E-state index in [2.05, 4.69) is 5.32 Å². The van der Waals surface area contributed by atoms with Crippen LogP contribution in [-0.2, 0) is 0 Å². The van der Waals surface area contributed by atoms with Crippen molar-refractivity contribution in [3.63, 3.8) is 0 Å². The third-order valence-corrected chi connectivity index (χ3v) is 2.88. The molecule has 0 amide bonds. The number of allylic oxidation sites excluding steroid dienone is 1. The lowest BCUT2D eigenvalue weighted by Gasteiger charge is -2.00. The fourth-order valence-corrected chi connectivity index (χ4v) is 1.78. The van der Waals surface area contributed by atoms with Gasteiger partial charge in [-0.15, -0.1) is 0 Å². The van der Waals surface area contributed by atoms with Crippen molar-refractivity contribution in [1.29, 1.82) is 0 Å². The SMILES string of the molecule is Cc1cccc(C(=O)C=CNc2ccc(Cl)cc2)c1. The Morgan fingerprint density at radius 3 is 2.58 bits per heavy atom. The van der Waals surface area contributed by atoms with Crippen molar-refractivity contribution < 1.29 is 4.79 Å². The lowest BCUT2D eigenvalue weighted by Crippen LogP contribution is -1.96. The Labute approximate surface area is 117 Å². The monoisotopic (exact) mass is 271 g/mol. The molecule has 0 saturated heterocycles. The van der Waals surface area contributed by atoms with E-state index in [-0.39, 0.29) is 5.78 Å². The molecule has 96 valence electrons. The van der Waals surface area contributed by atoms with Crippen molar-refractivity contribution >= 4 is 23.1 Å². The van der Waals surface area contributed by atoms with Gasteiger partial charge >= 0.3 is 0 Å². The zero-order valence-electron chi connectivity index (χ0n) is 10.6. The molecule has 0 bridgehead atoms. The fourth-order valence-electron chi connectivity index (χ4n) is 1.65. The van der Waals surface area contributed by atoms with Gasteiger partial charge in [-0.1, -0.05) is 35.4 Å². The van der Waals surface area contributed by atoms with Gasteiger partial charge in [-0.05, 0) is 37.3 Å². The molecule has 0 spiro atoms. The van der Waals surface area contributed by atoms with Gasteiger partial charge in [0.05, 0.1) is 0 Å². The summed E-state index contributed by atoms with van der Waals surface area (Å²) in [4.78, 5) is 11.9. The first kappa shape index (κ1) is 13.4. The Morgan fingerprint density at radius 2 is 1.89 bits per heavy atom. The molecule has 0 atom stereocenters. The van der Waals surface area contributed by atoms with E-state index in [1.807, 2.05) is 43.3 Å². The van der Waals surface area contributed by atoms with E-state index in [0.717, 1.165) is 11.3 Å². The summed E-state index contributed by atoms with van der Waals surface area (Å²) >= 11 is 5.79. The lowest BCUT2D eigenvalue weighted by molar-refractivity contribution is 0.104. The van der Waals surface area contributed by atoms with Crippen LogP contribution in [-0.4, -0.2) is 5.78 Å². The maximum atomic E-state index is 11.9.